The van der Waals surface area contributed by atoms with Crippen LogP contribution in [0.3, 0.4) is 0 Å². The highest BCUT2D eigenvalue weighted by atomic mass is 16.1. The van der Waals surface area contributed by atoms with Crippen LogP contribution in [0.25, 0.3) is 0 Å². The first-order valence-electron chi connectivity index (χ1n) is 5.14. The molecule has 1 saturated carbocycles. The molecular formula is C9H20N4O. The molecule has 1 rings (SSSR count). The minimum atomic E-state index is -0.346. The van der Waals surface area contributed by atoms with E-state index >= 15 is 0 Å². The molecule has 7 N–H and O–H groups in total. The van der Waals surface area contributed by atoms with Crippen molar-refractivity contribution in [2.24, 2.45) is 23.1 Å². The fourth-order valence-electron chi connectivity index (χ4n) is 1.76. The average Bonchev–Trinajstić information content (AvgIpc) is 2.51. The van der Waals surface area contributed by atoms with Crippen molar-refractivity contribution in [3.05, 3.63) is 0 Å². The van der Waals surface area contributed by atoms with Crippen LogP contribution in [0, 0.1) is 5.92 Å². The summed E-state index contributed by atoms with van der Waals surface area (Å²) in [7, 11) is 0. The van der Waals surface area contributed by atoms with E-state index in [1.54, 1.807) is 0 Å². The summed E-state index contributed by atoms with van der Waals surface area (Å²) in [5.41, 5.74) is 16.4. The fraction of sp³-hybridized carbons (Fsp3) is 0.889. The van der Waals surface area contributed by atoms with E-state index in [9.17, 15) is 4.79 Å². The topological polar surface area (TPSA) is 107 Å². The summed E-state index contributed by atoms with van der Waals surface area (Å²) in [6.07, 6.45) is 2.93. The number of amides is 1. The van der Waals surface area contributed by atoms with Gasteiger partial charge in [0, 0.05) is 18.5 Å². The minimum absolute atomic E-state index is 0.0959. The first-order valence-corrected chi connectivity index (χ1v) is 5.14. The quantitative estimate of drug-likeness (QED) is 0.430. The molecule has 0 radical (unpaired) electrons. The van der Waals surface area contributed by atoms with Gasteiger partial charge in [-0.05, 0) is 25.7 Å². The molecule has 2 unspecified atom stereocenters. The number of carbonyl (C=O) groups excluding carboxylic acids is 1. The number of nitrogens with one attached hydrogen (secondary N) is 1. The number of rotatable bonds is 4. The van der Waals surface area contributed by atoms with Crippen molar-refractivity contribution >= 4 is 5.91 Å². The maximum Gasteiger partial charge on any atom is 0.223 e. The summed E-state index contributed by atoms with van der Waals surface area (Å²) in [5.74, 6) is 0.192. The van der Waals surface area contributed by atoms with E-state index in [-0.39, 0.29) is 24.0 Å². The van der Waals surface area contributed by atoms with Crippen LogP contribution in [0.5, 0.6) is 0 Å². The zero-order valence-corrected chi connectivity index (χ0v) is 8.41. The van der Waals surface area contributed by atoms with E-state index in [0.29, 0.717) is 13.0 Å². The predicted octanol–water partition coefficient (Wildman–Crippen LogP) is -1.14. The van der Waals surface area contributed by atoms with Crippen molar-refractivity contribution in [1.82, 2.24) is 5.32 Å². The van der Waals surface area contributed by atoms with Crippen molar-refractivity contribution in [2.45, 2.75) is 37.9 Å². The molecule has 82 valence electrons. The first kappa shape index (κ1) is 11.4. The lowest BCUT2D eigenvalue weighted by Crippen LogP contribution is -2.37. The van der Waals surface area contributed by atoms with Gasteiger partial charge < -0.3 is 22.5 Å². The van der Waals surface area contributed by atoms with E-state index in [2.05, 4.69) is 5.32 Å². The number of carbonyl (C=O) groups is 1. The Morgan fingerprint density at radius 3 is 2.64 bits per heavy atom. The zero-order valence-electron chi connectivity index (χ0n) is 8.41. The van der Waals surface area contributed by atoms with E-state index < -0.39 is 0 Å². The fourth-order valence-corrected chi connectivity index (χ4v) is 1.76. The predicted molar refractivity (Wildman–Crippen MR) is 55.1 cm³/mol. The van der Waals surface area contributed by atoms with Gasteiger partial charge in [0.2, 0.25) is 5.91 Å². The summed E-state index contributed by atoms with van der Waals surface area (Å²) >= 11 is 0. The third kappa shape index (κ3) is 3.61. The minimum Gasteiger partial charge on any atom is -0.356 e. The first-order chi connectivity index (χ1) is 6.59. The van der Waals surface area contributed by atoms with E-state index in [1.165, 1.54) is 0 Å². The molecule has 14 heavy (non-hydrogen) atoms. The SMILES string of the molecule is NC(N)CCNC(=O)C1CCC(N)C1. The van der Waals surface area contributed by atoms with Crippen LogP contribution in [0.15, 0.2) is 0 Å². The Balaban J connectivity index is 2.15. The standard InChI is InChI=1S/C9H20N4O/c10-7-2-1-6(5-7)9(14)13-4-3-8(11)12/h6-8H,1-5,10-12H2,(H,13,14). The molecule has 5 nitrogen and oxygen atoms in total. The molecular weight excluding hydrogens is 180 g/mol. The smallest absolute Gasteiger partial charge is 0.223 e. The highest BCUT2D eigenvalue weighted by Crippen LogP contribution is 2.23. The molecule has 1 aliphatic rings. The van der Waals surface area contributed by atoms with Crippen LogP contribution in [0.1, 0.15) is 25.7 Å². The van der Waals surface area contributed by atoms with Gasteiger partial charge in [0.25, 0.3) is 0 Å². The van der Waals surface area contributed by atoms with Gasteiger partial charge in [0.05, 0.1) is 6.17 Å². The molecule has 0 aromatic rings. The molecule has 0 aromatic carbocycles. The maximum atomic E-state index is 11.5. The lowest BCUT2D eigenvalue weighted by molar-refractivity contribution is -0.124. The Morgan fingerprint density at radius 1 is 1.43 bits per heavy atom. The third-order valence-electron chi connectivity index (χ3n) is 2.62. The van der Waals surface area contributed by atoms with E-state index in [4.69, 9.17) is 17.2 Å². The molecule has 5 heteroatoms. The van der Waals surface area contributed by atoms with E-state index in [1.807, 2.05) is 0 Å². The molecule has 0 aromatic heterocycles. The number of nitrogens with two attached hydrogens (primary N) is 3. The molecule has 0 saturated heterocycles. The monoisotopic (exact) mass is 200 g/mol. The van der Waals surface area contributed by atoms with Crippen LogP contribution < -0.4 is 22.5 Å². The normalized spacial score (nSPS) is 26.9. The second-order valence-corrected chi connectivity index (χ2v) is 4.01. The Bertz CT molecular complexity index is 195. The van der Waals surface area contributed by atoms with Crippen LogP contribution >= 0.6 is 0 Å². The van der Waals surface area contributed by atoms with Crippen molar-refractivity contribution in [3.63, 3.8) is 0 Å². The Kier molecular flexibility index (Phi) is 4.31. The molecule has 2 atom stereocenters. The van der Waals surface area contributed by atoms with Gasteiger partial charge in [-0.3, -0.25) is 4.79 Å². The third-order valence-corrected chi connectivity index (χ3v) is 2.62. The van der Waals surface area contributed by atoms with Gasteiger partial charge in [-0.15, -0.1) is 0 Å². The van der Waals surface area contributed by atoms with Gasteiger partial charge >= 0.3 is 0 Å². The highest BCUT2D eigenvalue weighted by Gasteiger charge is 2.27. The van der Waals surface area contributed by atoms with Crippen LogP contribution in [-0.4, -0.2) is 24.7 Å². The summed E-state index contributed by atoms with van der Waals surface area (Å²) in [6, 6.07) is 0.197. The lowest BCUT2D eigenvalue weighted by Gasteiger charge is -2.11. The average molecular weight is 200 g/mol. The molecule has 0 heterocycles. The number of hydrogen-bond donors (Lipinski definition) is 4. The summed E-state index contributed by atoms with van der Waals surface area (Å²) in [4.78, 5) is 11.5. The summed E-state index contributed by atoms with van der Waals surface area (Å²) in [6.45, 7) is 0.558. The summed E-state index contributed by atoms with van der Waals surface area (Å²) < 4.78 is 0. The van der Waals surface area contributed by atoms with Crippen molar-refractivity contribution in [2.75, 3.05) is 6.54 Å². The van der Waals surface area contributed by atoms with Gasteiger partial charge in [0.15, 0.2) is 0 Å². The molecule has 0 aliphatic heterocycles. The van der Waals surface area contributed by atoms with E-state index in [0.717, 1.165) is 19.3 Å². The second-order valence-electron chi connectivity index (χ2n) is 4.01. The van der Waals surface area contributed by atoms with Gasteiger partial charge in [-0.25, -0.2) is 0 Å². The lowest BCUT2D eigenvalue weighted by atomic mass is 10.1. The Hall–Kier alpha value is -0.650. The van der Waals surface area contributed by atoms with Crippen LogP contribution in [0.4, 0.5) is 0 Å². The molecule has 1 amide bonds. The Morgan fingerprint density at radius 2 is 2.14 bits per heavy atom. The largest absolute Gasteiger partial charge is 0.356 e. The van der Waals surface area contributed by atoms with Gasteiger partial charge in [0.1, 0.15) is 0 Å². The highest BCUT2D eigenvalue weighted by molar-refractivity contribution is 5.78. The second kappa shape index (κ2) is 5.29. The van der Waals surface area contributed by atoms with Crippen molar-refractivity contribution in [3.8, 4) is 0 Å². The van der Waals surface area contributed by atoms with Gasteiger partial charge in [-0.2, -0.15) is 0 Å². The molecule has 1 aliphatic carbocycles. The van der Waals surface area contributed by atoms with Crippen LogP contribution in [0.2, 0.25) is 0 Å². The molecule has 0 spiro atoms. The van der Waals surface area contributed by atoms with Crippen molar-refractivity contribution in [1.29, 1.82) is 0 Å². The van der Waals surface area contributed by atoms with Crippen molar-refractivity contribution < 1.29 is 4.79 Å². The van der Waals surface area contributed by atoms with Gasteiger partial charge in [-0.1, -0.05) is 0 Å². The van der Waals surface area contributed by atoms with Crippen LogP contribution in [-0.2, 0) is 4.79 Å². The molecule has 1 fully saturated rings. The maximum absolute atomic E-state index is 11.5. The summed E-state index contributed by atoms with van der Waals surface area (Å²) in [5, 5.41) is 2.82. The zero-order chi connectivity index (χ0) is 10.6. The molecule has 0 bridgehead atoms. The number of hydrogen-bond acceptors (Lipinski definition) is 4. The Labute approximate surface area is 84.4 Å².